The summed E-state index contributed by atoms with van der Waals surface area (Å²) < 4.78 is 0. The lowest BCUT2D eigenvalue weighted by molar-refractivity contribution is 0.151. The Bertz CT molecular complexity index is 264. The molecule has 0 aromatic rings. The molecule has 92 valence electrons. The molecule has 1 aliphatic rings. The second-order valence-electron chi connectivity index (χ2n) is 4.51. The monoisotopic (exact) mass is 243 g/mol. The molecule has 2 amide bonds. The molecule has 1 aliphatic heterocycles. The van der Waals surface area contributed by atoms with E-state index in [1.54, 1.807) is 4.90 Å². The normalized spacial score (nSPS) is 18.0. The third-order valence-corrected chi connectivity index (χ3v) is 3.39. The molecule has 0 spiro atoms. The van der Waals surface area contributed by atoms with Gasteiger partial charge in [0.15, 0.2) is 0 Å². The van der Waals surface area contributed by atoms with Crippen LogP contribution in [0.25, 0.3) is 0 Å². The van der Waals surface area contributed by atoms with Crippen LogP contribution in [0.3, 0.4) is 0 Å². The van der Waals surface area contributed by atoms with Gasteiger partial charge in [-0.3, -0.25) is 0 Å². The maximum Gasteiger partial charge on any atom is 0.319 e. The summed E-state index contributed by atoms with van der Waals surface area (Å²) in [6.07, 6.45) is 3.46. The van der Waals surface area contributed by atoms with Gasteiger partial charge in [0, 0.05) is 32.6 Å². The van der Waals surface area contributed by atoms with Gasteiger partial charge in [0.25, 0.3) is 0 Å². The van der Waals surface area contributed by atoms with Crippen LogP contribution >= 0.6 is 12.2 Å². The van der Waals surface area contributed by atoms with E-state index in [0.717, 1.165) is 25.9 Å². The van der Waals surface area contributed by atoms with Crippen molar-refractivity contribution in [1.29, 1.82) is 0 Å². The van der Waals surface area contributed by atoms with Gasteiger partial charge in [-0.25, -0.2) is 4.79 Å². The smallest absolute Gasteiger partial charge is 0.319 e. The van der Waals surface area contributed by atoms with Crippen molar-refractivity contribution in [2.75, 3.05) is 26.7 Å². The van der Waals surface area contributed by atoms with Crippen LogP contribution in [0, 0.1) is 5.92 Å². The minimum Gasteiger partial charge on any atom is -0.393 e. The molecule has 1 fully saturated rings. The van der Waals surface area contributed by atoms with Crippen molar-refractivity contribution in [3.05, 3.63) is 0 Å². The molecule has 0 saturated carbocycles. The topological polar surface area (TPSA) is 49.6 Å². The molecule has 4 nitrogen and oxygen atoms in total. The molecule has 0 radical (unpaired) electrons. The lowest BCUT2D eigenvalue weighted by atomic mass is 10.1. The van der Waals surface area contributed by atoms with Gasteiger partial charge >= 0.3 is 6.03 Å². The van der Waals surface area contributed by atoms with Gasteiger partial charge in [0.2, 0.25) is 0 Å². The summed E-state index contributed by atoms with van der Waals surface area (Å²) in [5.74, 6) is 0.0775. The largest absolute Gasteiger partial charge is 0.393 e. The molecule has 0 bridgehead atoms. The molecule has 0 aliphatic carbocycles. The third kappa shape index (κ3) is 3.63. The number of rotatable bonds is 3. The number of hydrogen-bond acceptors (Lipinski definition) is 2. The second-order valence-corrected chi connectivity index (χ2v) is 4.99. The maximum atomic E-state index is 12.0. The average molecular weight is 243 g/mol. The molecule has 1 saturated heterocycles. The molecular weight excluding hydrogens is 222 g/mol. The van der Waals surface area contributed by atoms with E-state index in [0.29, 0.717) is 11.5 Å². The second kappa shape index (κ2) is 6.03. The van der Waals surface area contributed by atoms with E-state index in [9.17, 15) is 4.79 Å². The van der Waals surface area contributed by atoms with Crippen LogP contribution in [0.2, 0.25) is 0 Å². The van der Waals surface area contributed by atoms with Gasteiger partial charge in [-0.2, -0.15) is 0 Å². The Hall–Kier alpha value is -0.840. The number of thiocarbonyl (C=S) groups is 1. The van der Waals surface area contributed by atoms with E-state index in [1.165, 1.54) is 6.42 Å². The maximum absolute atomic E-state index is 12.0. The fraction of sp³-hybridized carbons (Fsp3) is 0.818. The number of carbonyl (C=O) groups excluding carboxylic acids is 1. The molecule has 2 N–H and O–H groups in total. The van der Waals surface area contributed by atoms with Gasteiger partial charge in [-0.15, -0.1) is 0 Å². The predicted molar refractivity (Wildman–Crippen MR) is 69.4 cm³/mol. The van der Waals surface area contributed by atoms with E-state index < -0.39 is 0 Å². The zero-order valence-electron chi connectivity index (χ0n) is 10.1. The van der Waals surface area contributed by atoms with Crippen molar-refractivity contribution >= 4 is 23.2 Å². The number of carbonyl (C=O) groups is 1. The van der Waals surface area contributed by atoms with Crippen molar-refractivity contribution in [3.63, 3.8) is 0 Å². The Morgan fingerprint density at radius 2 is 2.00 bits per heavy atom. The molecule has 0 aromatic heterocycles. The zero-order valence-corrected chi connectivity index (χ0v) is 10.9. The Labute approximate surface area is 103 Å². The van der Waals surface area contributed by atoms with Crippen LogP contribution in [-0.2, 0) is 0 Å². The molecule has 5 heteroatoms. The Morgan fingerprint density at radius 3 is 2.50 bits per heavy atom. The van der Waals surface area contributed by atoms with Crippen molar-refractivity contribution in [2.45, 2.75) is 26.2 Å². The predicted octanol–water partition coefficient (Wildman–Crippen LogP) is 1.45. The SMILES string of the molecule is CC(CN(C)C(=O)N1CCCCC1)C(N)=S. The first-order valence-corrected chi connectivity index (χ1v) is 6.22. The standard InChI is InChI=1S/C11H21N3OS/c1-9(10(12)16)8-13(2)11(15)14-6-4-3-5-7-14/h9H,3-8H2,1-2H3,(H2,12,16). The van der Waals surface area contributed by atoms with Crippen molar-refractivity contribution in [2.24, 2.45) is 11.7 Å². The zero-order chi connectivity index (χ0) is 12.1. The van der Waals surface area contributed by atoms with E-state index >= 15 is 0 Å². The first-order valence-electron chi connectivity index (χ1n) is 5.81. The number of nitrogens with zero attached hydrogens (tertiary/aromatic N) is 2. The van der Waals surface area contributed by atoms with E-state index in [2.05, 4.69) is 0 Å². The molecule has 16 heavy (non-hydrogen) atoms. The van der Waals surface area contributed by atoms with E-state index in [1.807, 2.05) is 18.9 Å². The number of piperidine rings is 1. The summed E-state index contributed by atoms with van der Waals surface area (Å²) in [4.78, 5) is 16.1. The number of urea groups is 1. The number of nitrogens with two attached hydrogens (primary N) is 1. The number of hydrogen-bond donors (Lipinski definition) is 1. The third-order valence-electron chi connectivity index (χ3n) is 2.99. The quantitative estimate of drug-likeness (QED) is 0.763. The fourth-order valence-electron chi connectivity index (χ4n) is 1.91. The van der Waals surface area contributed by atoms with Crippen LogP contribution in [-0.4, -0.2) is 47.5 Å². The summed E-state index contributed by atoms with van der Waals surface area (Å²) in [7, 11) is 1.81. The highest BCUT2D eigenvalue weighted by molar-refractivity contribution is 7.80. The van der Waals surface area contributed by atoms with Gasteiger partial charge in [-0.05, 0) is 19.3 Å². The summed E-state index contributed by atoms with van der Waals surface area (Å²) in [5.41, 5.74) is 5.54. The van der Waals surface area contributed by atoms with Crippen LogP contribution < -0.4 is 5.73 Å². The molecular formula is C11H21N3OS. The lowest BCUT2D eigenvalue weighted by Gasteiger charge is -2.32. The summed E-state index contributed by atoms with van der Waals surface area (Å²) in [5, 5.41) is 0. The van der Waals surface area contributed by atoms with Crippen molar-refractivity contribution < 1.29 is 4.79 Å². The number of likely N-dealkylation sites (tertiary alicyclic amines) is 1. The first-order chi connectivity index (χ1) is 7.52. The highest BCUT2D eigenvalue weighted by Gasteiger charge is 2.21. The molecule has 1 rings (SSSR count). The van der Waals surface area contributed by atoms with Crippen molar-refractivity contribution in [3.8, 4) is 0 Å². The van der Waals surface area contributed by atoms with Gasteiger partial charge in [0.05, 0.1) is 4.99 Å². The van der Waals surface area contributed by atoms with Gasteiger partial charge in [-0.1, -0.05) is 19.1 Å². The first kappa shape index (κ1) is 13.2. The minimum absolute atomic E-state index is 0.0775. The molecule has 0 aromatic carbocycles. The number of amides is 2. The van der Waals surface area contributed by atoms with Crippen LogP contribution in [0.5, 0.6) is 0 Å². The summed E-state index contributed by atoms with van der Waals surface area (Å²) in [6, 6.07) is 0.0998. The fourth-order valence-corrected chi connectivity index (χ4v) is 1.98. The van der Waals surface area contributed by atoms with E-state index in [-0.39, 0.29) is 11.9 Å². The highest BCUT2D eigenvalue weighted by Crippen LogP contribution is 2.11. The molecule has 1 atom stereocenters. The average Bonchev–Trinajstić information content (AvgIpc) is 2.28. The lowest BCUT2D eigenvalue weighted by Crippen LogP contribution is -2.46. The Kier molecular flexibility index (Phi) is 4.99. The van der Waals surface area contributed by atoms with Gasteiger partial charge < -0.3 is 15.5 Å². The Morgan fingerprint density at radius 1 is 1.44 bits per heavy atom. The van der Waals surface area contributed by atoms with E-state index in [4.69, 9.17) is 18.0 Å². The molecule has 1 heterocycles. The van der Waals surface area contributed by atoms with Crippen LogP contribution in [0.15, 0.2) is 0 Å². The summed E-state index contributed by atoms with van der Waals surface area (Å²) >= 11 is 4.91. The van der Waals surface area contributed by atoms with Crippen molar-refractivity contribution in [1.82, 2.24) is 9.80 Å². The van der Waals surface area contributed by atoms with Gasteiger partial charge in [0.1, 0.15) is 0 Å². The molecule has 1 unspecified atom stereocenters. The minimum atomic E-state index is 0.0775. The highest BCUT2D eigenvalue weighted by atomic mass is 32.1. The Balaban J connectivity index is 2.43. The summed E-state index contributed by atoms with van der Waals surface area (Å²) in [6.45, 7) is 4.31. The van der Waals surface area contributed by atoms with Crippen LogP contribution in [0.4, 0.5) is 4.79 Å². The van der Waals surface area contributed by atoms with Crippen LogP contribution in [0.1, 0.15) is 26.2 Å².